The fraction of sp³-hybridized carbons (Fsp3) is 0.111. The van der Waals surface area contributed by atoms with Crippen LogP contribution in [-0.2, 0) is 14.8 Å². The summed E-state index contributed by atoms with van der Waals surface area (Å²) in [5, 5.41) is 2.65. The zero-order chi connectivity index (χ0) is 18.2. The molecule has 1 aliphatic heterocycles. The zero-order valence-electron chi connectivity index (χ0n) is 13.5. The maximum absolute atomic E-state index is 12.5. The molecule has 0 aromatic heterocycles. The van der Waals surface area contributed by atoms with Crippen molar-refractivity contribution in [2.75, 3.05) is 11.9 Å². The first kappa shape index (κ1) is 16.9. The van der Waals surface area contributed by atoms with Crippen molar-refractivity contribution in [2.45, 2.75) is 11.8 Å². The summed E-state index contributed by atoms with van der Waals surface area (Å²) in [7, 11) is -4.00. The predicted molar refractivity (Wildman–Crippen MR) is 94.4 cm³/mol. The van der Waals surface area contributed by atoms with E-state index in [2.05, 4.69) is 11.9 Å². The van der Waals surface area contributed by atoms with Gasteiger partial charge in [-0.1, -0.05) is 36.9 Å². The first-order chi connectivity index (χ1) is 11.8. The van der Waals surface area contributed by atoms with Crippen molar-refractivity contribution in [3.05, 3.63) is 66.2 Å². The van der Waals surface area contributed by atoms with Crippen molar-refractivity contribution >= 4 is 33.1 Å². The number of hydrogen-bond acceptors (Lipinski definition) is 4. The summed E-state index contributed by atoms with van der Waals surface area (Å²) in [5.74, 6) is -1.29. The highest BCUT2D eigenvalue weighted by Gasteiger charge is 2.41. The first-order valence-corrected chi connectivity index (χ1v) is 8.97. The Bertz CT molecular complexity index is 996. The number of rotatable bonds is 4. The molecular formula is C18H16N2O4S. The molecule has 0 fully saturated rings. The number of benzene rings is 2. The molecule has 25 heavy (non-hydrogen) atoms. The Morgan fingerprint density at radius 1 is 1.12 bits per heavy atom. The molecule has 1 heterocycles. The number of para-hydroxylation sites is 1. The van der Waals surface area contributed by atoms with Gasteiger partial charge in [-0.15, -0.1) is 0 Å². The molecule has 3 rings (SSSR count). The zero-order valence-corrected chi connectivity index (χ0v) is 14.3. The second kappa shape index (κ2) is 6.18. The van der Waals surface area contributed by atoms with Gasteiger partial charge in [0.2, 0.25) is 5.91 Å². The van der Waals surface area contributed by atoms with Gasteiger partial charge in [-0.2, -0.15) is 0 Å². The van der Waals surface area contributed by atoms with Crippen LogP contribution in [0.1, 0.15) is 22.8 Å². The lowest BCUT2D eigenvalue weighted by Crippen LogP contribution is -2.37. The maximum atomic E-state index is 12.5. The second-order valence-electron chi connectivity index (χ2n) is 5.69. The molecule has 0 atom stereocenters. The summed E-state index contributed by atoms with van der Waals surface area (Å²) in [4.78, 5) is 24.6. The van der Waals surface area contributed by atoms with Crippen molar-refractivity contribution in [3.63, 3.8) is 0 Å². The van der Waals surface area contributed by atoms with E-state index in [-0.39, 0.29) is 10.5 Å². The fourth-order valence-electron chi connectivity index (χ4n) is 2.67. The summed E-state index contributed by atoms with van der Waals surface area (Å²) in [6, 6.07) is 13.0. The third kappa shape index (κ3) is 2.94. The van der Waals surface area contributed by atoms with E-state index in [0.717, 1.165) is 11.1 Å². The Hall–Kier alpha value is -2.93. The van der Waals surface area contributed by atoms with E-state index in [0.29, 0.717) is 9.99 Å². The van der Waals surface area contributed by atoms with Gasteiger partial charge in [-0.3, -0.25) is 9.59 Å². The summed E-state index contributed by atoms with van der Waals surface area (Å²) < 4.78 is 25.5. The third-order valence-electron chi connectivity index (χ3n) is 3.86. The monoisotopic (exact) mass is 356 g/mol. The van der Waals surface area contributed by atoms with Crippen molar-refractivity contribution in [1.82, 2.24) is 4.31 Å². The van der Waals surface area contributed by atoms with E-state index in [4.69, 9.17) is 0 Å². The summed E-state index contributed by atoms with van der Waals surface area (Å²) in [6.07, 6.45) is 0. The van der Waals surface area contributed by atoms with E-state index in [9.17, 15) is 18.0 Å². The van der Waals surface area contributed by atoms with Crippen LogP contribution in [0.2, 0.25) is 0 Å². The lowest BCUT2D eigenvalue weighted by molar-refractivity contribution is -0.116. The summed E-state index contributed by atoms with van der Waals surface area (Å²) >= 11 is 0. The van der Waals surface area contributed by atoms with Crippen molar-refractivity contribution in [2.24, 2.45) is 0 Å². The van der Waals surface area contributed by atoms with Gasteiger partial charge in [-0.25, -0.2) is 12.7 Å². The standard InChI is InChI=1S/C18H16N2O4S/c1-12(2)13-7-3-5-9-15(13)19-17(21)11-20-18(22)14-8-4-6-10-16(14)25(20,23)24/h3-10H,1,11H2,2H3,(H,19,21). The lowest BCUT2D eigenvalue weighted by Gasteiger charge is -2.16. The molecule has 2 aromatic rings. The predicted octanol–water partition coefficient (Wildman–Crippen LogP) is 2.50. The molecular weight excluding hydrogens is 340 g/mol. The van der Waals surface area contributed by atoms with E-state index in [1.54, 1.807) is 31.2 Å². The number of hydrogen-bond donors (Lipinski definition) is 1. The summed E-state index contributed by atoms with van der Waals surface area (Å²) in [5.41, 5.74) is 2.10. The van der Waals surface area contributed by atoms with Gasteiger partial charge >= 0.3 is 0 Å². The van der Waals surface area contributed by atoms with Crippen LogP contribution in [0.25, 0.3) is 5.57 Å². The van der Waals surface area contributed by atoms with Crippen LogP contribution >= 0.6 is 0 Å². The van der Waals surface area contributed by atoms with Gasteiger partial charge in [0.25, 0.3) is 15.9 Å². The quantitative estimate of drug-likeness (QED) is 0.912. The molecule has 0 spiro atoms. The smallest absolute Gasteiger partial charge is 0.269 e. The third-order valence-corrected chi connectivity index (χ3v) is 5.65. The Balaban J connectivity index is 1.84. The molecule has 0 saturated heterocycles. The highest BCUT2D eigenvalue weighted by Crippen LogP contribution is 2.30. The molecule has 0 radical (unpaired) electrons. The molecule has 128 valence electrons. The van der Waals surface area contributed by atoms with Gasteiger partial charge in [0.05, 0.1) is 5.56 Å². The van der Waals surface area contributed by atoms with Crippen molar-refractivity contribution < 1.29 is 18.0 Å². The van der Waals surface area contributed by atoms with Crippen LogP contribution in [0.4, 0.5) is 5.69 Å². The Morgan fingerprint density at radius 2 is 1.76 bits per heavy atom. The highest BCUT2D eigenvalue weighted by molar-refractivity contribution is 7.90. The number of sulfonamides is 1. The Kier molecular flexibility index (Phi) is 4.18. The molecule has 2 aromatic carbocycles. The second-order valence-corrected chi connectivity index (χ2v) is 7.52. The number of allylic oxidation sites excluding steroid dienone is 1. The topological polar surface area (TPSA) is 83.6 Å². The van der Waals surface area contributed by atoms with Crippen LogP contribution < -0.4 is 5.32 Å². The van der Waals surface area contributed by atoms with Crippen LogP contribution in [0.15, 0.2) is 60.0 Å². The minimum atomic E-state index is -4.00. The van der Waals surface area contributed by atoms with Crippen LogP contribution in [0, 0.1) is 0 Å². The molecule has 2 amide bonds. The maximum Gasteiger partial charge on any atom is 0.269 e. The average molecular weight is 356 g/mol. The van der Waals surface area contributed by atoms with Gasteiger partial charge in [0, 0.05) is 11.3 Å². The number of nitrogens with zero attached hydrogens (tertiary/aromatic N) is 1. The van der Waals surface area contributed by atoms with Crippen LogP contribution in [0.3, 0.4) is 0 Å². The number of nitrogens with one attached hydrogen (secondary N) is 1. The Morgan fingerprint density at radius 3 is 2.44 bits per heavy atom. The van der Waals surface area contributed by atoms with Crippen molar-refractivity contribution in [3.8, 4) is 0 Å². The molecule has 7 heteroatoms. The lowest BCUT2D eigenvalue weighted by atomic mass is 10.1. The summed E-state index contributed by atoms with van der Waals surface area (Å²) in [6.45, 7) is 5.07. The van der Waals surface area contributed by atoms with Crippen LogP contribution in [0.5, 0.6) is 0 Å². The minimum Gasteiger partial charge on any atom is -0.324 e. The molecule has 0 aliphatic carbocycles. The first-order valence-electron chi connectivity index (χ1n) is 7.53. The van der Waals surface area contributed by atoms with Gasteiger partial charge in [0.1, 0.15) is 11.4 Å². The van der Waals surface area contributed by atoms with E-state index >= 15 is 0 Å². The highest BCUT2D eigenvalue weighted by atomic mass is 32.2. The van der Waals surface area contributed by atoms with E-state index in [1.165, 1.54) is 18.2 Å². The number of anilines is 1. The normalized spacial score (nSPS) is 14.9. The fourth-order valence-corrected chi connectivity index (χ4v) is 4.20. The molecule has 0 unspecified atom stereocenters. The molecule has 0 bridgehead atoms. The number of amides is 2. The molecule has 1 aliphatic rings. The molecule has 6 nitrogen and oxygen atoms in total. The number of carbonyl (C=O) groups is 2. The SMILES string of the molecule is C=C(C)c1ccccc1NC(=O)CN1C(=O)c2ccccc2S1(=O)=O. The molecule has 1 N–H and O–H groups in total. The van der Waals surface area contributed by atoms with Gasteiger partial charge in [0.15, 0.2) is 0 Å². The minimum absolute atomic E-state index is 0.0739. The van der Waals surface area contributed by atoms with Gasteiger partial charge < -0.3 is 5.32 Å². The largest absolute Gasteiger partial charge is 0.324 e. The van der Waals surface area contributed by atoms with E-state index in [1.807, 2.05) is 6.07 Å². The average Bonchev–Trinajstić information content (AvgIpc) is 2.76. The van der Waals surface area contributed by atoms with Crippen LogP contribution in [-0.4, -0.2) is 31.1 Å². The van der Waals surface area contributed by atoms with Crippen molar-refractivity contribution in [1.29, 1.82) is 0 Å². The molecule has 0 saturated carbocycles. The van der Waals surface area contributed by atoms with Gasteiger partial charge in [-0.05, 0) is 30.7 Å². The van der Waals surface area contributed by atoms with E-state index < -0.39 is 28.4 Å². The Labute approximate surface area is 145 Å². The number of fused-ring (bicyclic) bond motifs is 1. The number of carbonyl (C=O) groups excluding carboxylic acids is 2.